The number of hydrogen-bond donors (Lipinski definition) is 1. The van der Waals surface area contributed by atoms with E-state index < -0.39 is 59.8 Å². The predicted octanol–water partition coefficient (Wildman–Crippen LogP) is 20.2. The minimum absolute atomic E-state index is 0.0372. The lowest BCUT2D eigenvalue weighted by atomic mass is 10.1. The molecule has 51 heteroatoms. The summed E-state index contributed by atoms with van der Waals surface area (Å²) in [6.07, 6.45) is 1.92. The van der Waals surface area contributed by atoms with E-state index >= 15 is 0 Å². The first-order valence-electron chi connectivity index (χ1n) is 42.7. The molecular weight excluding hydrogens is 2160 g/mol. The molecule has 6 amide bonds. The van der Waals surface area contributed by atoms with E-state index in [1.807, 2.05) is 45.0 Å². The molecule has 4 fully saturated rings. The number of nitrogens with zero attached hydrogens (tertiary/aromatic N) is 14. The molecule has 0 atom stereocenters. The average Bonchev–Trinajstić information content (AvgIpc) is 0.797. The Morgan fingerprint density at radius 2 is 0.641 bits per heavy atom. The molecule has 0 radical (unpaired) electrons. The van der Waals surface area contributed by atoms with Gasteiger partial charge in [0, 0.05) is 232 Å². The number of carbonyl (C=O) groups excluding carboxylic acids is 4. The lowest BCUT2D eigenvalue weighted by Gasteiger charge is -2.36. The number of urea groups is 2. The quantitative estimate of drug-likeness (QED) is 0.0206. The number of nitrogens with one attached hydrogen (secondary N) is 1. The SMILES string of the molecule is C=CCNC(=O)N1CCN(S(=O)(=O)c2cc([N+](=O)[O-])ccc2Sc2cc(Cl)ccc2Cl)CC1.CCN(CC)C(=O)N1CCN(S(=O)(=O)c2cc([N+](=O)[O-])ccc2Sc2cc(Cl)ccc2Cl)CC1.Cc1ccc(CC(=O)N2CCN(S(=O)(=O)c3cc([N+](=O)[O-])ccc3Sc3cc(Cl)ccc3Cl)CC2)cc1.[C-]#[N+]c1ccc(CC(=O)N2CCN(S(=O)(=O)c3cc([N+](=O)[O-])ccc3Sc3cc(Cl)ccc3Cl)CC2)cc1. The molecule has 0 unspecified atom stereocenters. The third-order valence-corrected chi connectivity index (χ3v) is 37.5. The summed E-state index contributed by atoms with van der Waals surface area (Å²) in [6, 6.07) is 47.9. The molecule has 1 N–H and O–H groups in total. The van der Waals surface area contributed by atoms with E-state index in [4.69, 9.17) is 99.4 Å². The van der Waals surface area contributed by atoms with Gasteiger partial charge in [-0.25, -0.2) is 48.1 Å². The molecule has 0 aromatic heterocycles. The van der Waals surface area contributed by atoms with Crippen molar-refractivity contribution < 1.29 is 72.5 Å². The first kappa shape index (κ1) is 112. The molecule has 4 heterocycles. The largest absolute Gasteiger partial charge is 0.340 e. The van der Waals surface area contributed by atoms with Crippen LogP contribution in [-0.4, -0.2) is 243 Å². The third kappa shape index (κ3) is 29.2. The Morgan fingerprint density at radius 1 is 0.380 bits per heavy atom. The maximum Gasteiger partial charge on any atom is 0.320 e. The van der Waals surface area contributed by atoms with Gasteiger partial charge in [-0.1, -0.05) is 200 Å². The minimum atomic E-state index is -4.14. The van der Waals surface area contributed by atoms with Crippen molar-refractivity contribution in [2.45, 2.75) is 92.4 Å². The van der Waals surface area contributed by atoms with Crippen LogP contribution in [0.25, 0.3) is 4.85 Å². The van der Waals surface area contributed by atoms with Crippen LogP contribution in [0.5, 0.6) is 0 Å². The van der Waals surface area contributed by atoms with Gasteiger partial charge in [-0.15, -0.1) is 6.58 Å². The van der Waals surface area contributed by atoms with Crippen LogP contribution in [0.3, 0.4) is 0 Å². The van der Waals surface area contributed by atoms with Gasteiger partial charge in [-0.3, -0.25) is 50.0 Å². The van der Waals surface area contributed by atoms with Crippen LogP contribution in [-0.2, 0) is 62.5 Å². The Morgan fingerprint density at radius 3 is 0.894 bits per heavy atom. The summed E-state index contributed by atoms with van der Waals surface area (Å²) in [7, 11) is -16.4. The van der Waals surface area contributed by atoms with Crippen LogP contribution >= 0.6 is 140 Å². The minimum Gasteiger partial charge on any atom is -0.340 e. The van der Waals surface area contributed by atoms with Crippen molar-refractivity contribution in [2.24, 2.45) is 0 Å². The van der Waals surface area contributed by atoms with Crippen molar-refractivity contribution >= 4 is 232 Å². The number of carbonyl (C=O) groups is 4. The molecule has 0 aliphatic carbocycles. The number of hydrogen-bond acceptors (Lipinski definition) is 24. The molecule has 14 rings (SSSR count). The van der Waals surface area contributed by atoms with Crippen molar-refractivity contribution in [3.63, 3.8) is 0 Å². The number of rotatable bonds is 28. The summed E-state index contributed by atoms with van der Waals surface area (Å²) in [4.78, 5) is 107. The molecule has 0 bridgehead atoms. The second kappa shape index (κ2) is 50.6. The Kier molecular flexibility index (Phi) is 40.0. The highest BCUT2D eigenvalue weighted by molar-refractivity contribution is 8.01. The van der Waals surface area contributed by atoms with Gasteiger partial charge in [0.2, 0.25) is 51.9 Å². The standard InChI is InChI=1S/C25H20Cl2N4O5S2.C25H23Cl2N3O5S2.C21H24Cl2N4O5S2.C20H20Cl2N4O5S2/c1-28-19-5-2-17(3-6-19)14-25(32)29-10-12-30(13-11-29)38(35,36)24-16-20(31(33)34)7-9-22(24)37-23-15-18(26)4-8-21(23)27;1-17-2-4-18(5-3-17)14-25(31)28-10-12-29(13-11-28)37(34,35)24-16-20(30(32)33)7-9-22(24)36-23-15-19(26)6-8-21(23)27;1-3-24(4-2)21(28)25-9-11-26(12-10-25)34(31,32)20-14-16(27(29)30)6-8-18(20)33-19-13-15(22)5-7-17(19)23;1-2-7-23-20(27)24-8-10-25(11-9-24)33(30,31)19-13-15(26(28)29)4-6-17(19)32-18-12-14(21)3-5-16(18)22/h2-9,15-16H,10-14H2;2-9,15-16H,10-14H2,1H3;5-8,13-14H,3-4,9-12H2,1-2H3;2-6,12-13H,1,7-11H2,(H,23,27). The lowest BCUT2D eigenvalue weighted by molar-refractivity contribution is -0.385. The van der Waals surface area contributed by atoms with Crippen molar-refractivity contribution in [1.82, 2.24) is 47.0 Å². The van der Waals surface area contributed by atoms with Crippen molar-refractivity contribution in [2.75, 3.05) is 124 Å². The number of benzene rings is 10. The maximum absolute atomic E-state index is 13.7. The fraction of sp³-hybridized carbons (Fsp3) is 0.264. The van der Waals surface area contributed by atoms with Crippen LogP contribution in [0, 0.1) is 54.0 Å². The number of nitro benzene ring substituents is 4. The van der Waals surface area contributed by atoms with Crippen molar-refractivity contribution in [3.8, 4) is 0 Å². The molecule has 4 aliphatic rings. The van der Waals surface area contributed by atoms with Crippen LogP contribution in [0.4, 0.5) is 38.0 Å². The molecule has 4 saturated heterocycles. The average molecular weight is 2250 g/mol. The fourth-order valence-corrected chi connectivity index (χ4v) is 27.6. The molecule has 35 nitrogen and oxygen atoms in total. The molecule has 750 valence electrons. The summed E-state index contributed by atoms with van der Waals surface area (Å²) in [5, 5.41) is 51.3. The number of sulfonamides is 4. The highest BCUT2D eigenvalue weighted by Crippen LogP contribution is 2.46. The highest BCUT2D eigenvalue weighted by atomic mass is 35.5. The third-order valence-electron chi connectivity index (χ3n) is 22.0. The van der Waals surface area contributed by atoms with E-state index in [1.54, 1.807) is 123 Å². The van der Waals surface area contributed by atoms with E-state index in [-0.39, 0.29) is 203 Å². The topological polar surface area (TPSA) is 423 Å². The second-order valence-corrected chi connectivity index (χ2v) is 46.5. The van der Waals surface area contributed by atoms with Crippen LogP contribution < -0.4 is 5.32 Å². The summed E-state index contributed by atoms with van der Waals surface area (Å²) >= 11 is 53.5. The fourth-order valence-electron chi connectivity index (χ4n) is 14.4. The molecule has 0 saturated carbocycles. The van der Waals surface area contributed by atoms with Gasteiger partial charge in [-0.2, -0.15) is 17.2 Å². The smallest absolute Gasteiger partial charge is 0.320 e. The van der Waals surface area contributed by atoms with Crippen LogP contribution in [0.1, 0.15) is 30.5 Å². The first-order valence-corrected chi connectivity index (χ1v) is 54.8. The highest BCUT2D eigenvalue weighted by Gasteiger charge is 2.40. The maximum atomic E-state index is 13.7. The monoisotopic (exact) mass is 2250 g/mol. The first-order chi connectivity index (χ1) is 67.3. The molecular formula is C91H87Cl8N15O20S8. The number of aryl methyl sites for hydroxylation is 1. The molecule has 10 aromatic carbocycles. The Labute approximate surface area is 876 Å². The zero-order valence-corrected chi connectivity index (χ0v) is 87.9. The van der Waals surface area contributed by atoms with E-state index in [0.717, 1.165) is 88.0 Å². The number of nitro groups is 4. The van der Waals surface area contributed by atoms with E-state index in [1.165, 1.54) is 70.7 Å². The summed E-state index contributed by atoms with van der Waals surface area (Å²) in [6.45, 7) is 19.8. The number of amides is 6. The number of non-ortho nitro benzene ring substituents is 4. The van der Waals surface area contributed by atoms with E-state index in [2.05, 4.69) is 16.7 Å². The summed E-state index contributed by atoms with van der Waals surface area (Å²) in [5.74, 6) is -0.233. The Hall–Kier alpha value is -10.1. The second-order valence-electron chi connectivity index (χ2n) is 31.2. The normalized spacial score (nSPS) is 14.5. The van der Waals surface area contributed by atoms with Crippen molar-refractivity contribution in [1.29, 1.82) is 0 Å². The van der Waals surface area contributed by atoms with E-state index in [0.29, 0.717) is 85.1 Å². The Bertz CT molecular complexity index is 6980. The molecule has 4 aliphatic heterocycles. The summed E-state index contributed by atoms with van der Waals surface area (Å²) in [5.41, 5.74) is 1.85. The summed E-state index contributed by atoms with van der Waals surface area (Å²) < 4.78 is 114. The molecule has 142 heavy (non-hydrogen) atoms. The Balaban J connectivity index is 0.000000181. The van der Waals surface area contributed by atoms with Crippen LogP contribution in [0.2, 0.25) is 40.2 Å². The van der Waals surface area contributed by atoms with Crippen molar-refractivity contribution in [3.05, 3.63) is 316 Å². The van der Waals surface area contributed by atoms with E-state index in [9.17, 15) is 93.3 Å². The van der Waals surface area contributed by atoms with Crippen LogP contribution in [0.15, 0.2) is 266 Å². The number of piperazine rings is 4. The van der Waals surface area contributed by atoms with Gasteiger partial charge in [0.1, 0.15) is 19.6 Å². The number of halogens is 8. The van der Waals surface area contributed by atoms with Gasteiger partial charge in [0.15, 0.2) is 5.69 Å². The van der Waals surface area contributed by atoms with Gasteiger partial charge in [0.25, 0.3) is 22.7 Å². The molecule has 0 spiro atoms. The van der Waals surface area contributed by atoms with Gasteiger partial charge in [-0.05, 0) is 129 Å². The molecule has 10 aromatic rings. The zero-order valence-electron chi connectivity index (χ0n) is 75.3. The zero-order chi connectivity index (χ0) is 103. The van der Waals surface area contributed by atoms with Gasteiger partial charge in [0.05, 0.1) is 59.2 Å². The van der Waals surface area contributed by atoms with Gasteiger partial charge < -0.3 is 29.8 Å². The lowest BCUT2D eigenvalue weighted by Crippen LogP contribution is -2.53. The van der Waals surface area contributed by atoms with Gasteiger partial charge >= 0.3 is 12.1 Å². The predicted molar refractivity (Wildman–Crippen MR) is 549 cm³/mol.